The third-order valence-electron chi connectivity index (χ3n) is 5.22. The van der Waals surface area contributed by atoms with Crippen molar-refractivity contribution in [1.29, 1.82) is 0 Å². The van der Waals surface area contributed by atoms with Crippen LogP contribution in [0.1, 0.15) is 43.6 Å². The van der Waals surface area contributed by atoms with Crippen LogP contribution >= 0.6 is 12.2 Å². The lowest BCUT2D eigenvalue weighted by atomic mass is 10.0. The van der Waals surface area contributed by atoms with Crippen molar-refractivity contribution in [3.63, 3.8) is 0 Å². The lowest BCUT2D eigenvalue weighted by Crippen LogP contribution is -2.27. The predicted molar refractivity (Wildman–Crippen MR) is 85.7 cm³/mol. The van der Waals surface area contributed by atoms with Crippen LogP contribution < -0.4 is 11.1 Å². The van der Waals surface area contributed by atoms with Gasteiger partial charge in [0, 0.05) is 17.7 Å². The summed E-state index contributed by atoms with van der Waals surface area (Å²) in [4.78, 5) is 12.5. The van der Waals surface area contributed by atoms with E-state index in [1.807, 2.05) is 0 Å². The monoisotopic (exact) mass is 290 g/mol. The summed E-state index contributed by atoms with van der Waals surface area (Å²) in [6, 6.07) is 7.07. The van der Waals surface area contributed by atoms with E-state index in [4.69, 9.17) is 18.0 Å². The molecule has 4 heteroatoms. The molecule has 0 radical (unpaired) electrons. The van der Waals surface area contributed by atoms with Gasteiger partial charge < -0.3 is 11.1 Å². The Bertz CT molecular complexity index is 532. The van der Waals surface area contributed by atoms with Gasteiger partial charge in [-0.25, -0.2) is 0 Å². The number of thiocarbonyl (C=S) groups is 1. The molecule has 1 fully saturated rings. The first kappa shape index (κ1) is 15.0. The van der Waals surface area contributed by atoms with Gasteiger partial charge in [-0.15, -0.1) is 0 Å². The molecule has 0 spiro atoms. The summed E-state index contributed by atoms with van der Waals surface area (Å²) in [7, 11) is 0. The fourth-order valence-corrected chi connectivity index (χ4v) is 3.06. The van der Waals surface area contributed by atoms with E-state index in [0.29, 0.717) is 16.5 Å². The van der Waals surface area contributed by atoms with Crippen LogP contribution in [0, 0.1) is 16.7 Å². The molecule has 108 valence electrons. The van der Waals surface area contributed by atoms with E-state index in [2.05, 4.69) is 33.0 Å². The van der Waals surface area contributed by atoms with Gasteiger partial charge in [-0.3, -0.25) is 4.79 Å². The highest BCUT2D eigenvalue weighted by molar-refractivity contribution is 7.80. The zero-order valence-electron chi connectivity index (χ0n) is 12.5. The average Bonchev–Trinajstić information content (AvgIpc) is 2.77. The summed E-state index contributed by atoms with van der Waals surface area (Å²) in [5.74, 6) is 0.479. The first-order valence-corrected chi connectivity index (χ1v) is 7.27. The van der Waals surface area contributed by atoms with Gasteiger partial charge in [-0.05, 0) is 28.9 Å². The van der Waals surface area contributed by atoms with Gasteiger partial charge in [0.1, 0.15) is 4.99 Å². The summed E-state index contributed by atoms with van der Waals surface area (Å²) >= 11 is 4.89. The van der Waals surface area contributed by atoms with E-state index in [1.54, 1.807) is 24.3 Å². The molecule has 20 heavy (non-hydrogen) atoms. The summed E-state index contributed by atoms with van der Waals surface area (Å²) in [6.45, 7) is 9.72. The Morgan fingerprint density at radius 3 is 2.00 bits per heavy atom. The van der Waals surface area contributed by atoms with Crippen molar-refractivity contribution in [2.24, 2.45) is 22.5 Å². The highest BCUT2D eigenvalue weighted by Gasteiger charge is 2.64. The Balaban J connectivity index is 1.95. The van der Waals surface area contributed by atoms with Crippen molar-refractivity contribution in [3.05, 3.63) is 35.4 Å². The maximum atomic E-state index is 12.1. The minimum absolute atomic E-state index is 0.0435. The van der Waals surface area contributed by atoms with Gasteiger partial charge in [0.05, 0.1) is 0 Å². The number of nitrogens with two attached hydrogens (primary N) is 1. The number of rotatable bonds is 4. The minimum atomic E-state index is -0.0435. The topological polar surface area (TPSA) is 55.1 Å². The van der Waals surface area contributed by atoms with Crippen LogP contribution in [-0.4, -0.2) is 17.4 Å². The molecule has 1 aromatic rings. The highest BCUT2D eigenvalue weighted by atomic mass is 32.1. The molecule has 1 aliphatic carbocycles. The predicted octanol–water partition coefficient (Wildman–Crippen LogP) is 2.73. The molecular formula is C16H22N2OS. The second-order valence-corrected chi connectivity index (χ2v) is 7.09. The maximum absolute atomic E-state index is 12.1. The lowest BCUT2D eigenvalue weighted by molar-refractivity contribution is 0.0950. The molecule has 3 nitrogen and oxygen atoms in total. The van der Waals surface area contributed by atoms with Gasteiger partial charge in [-0.1, -0.05) is 52.0 Å². The second-order valence-electron chi connectivity index (χ2n) is 6.65. The van der Waals surface area contributed by atoms with Gasteiger partial charge in [0.2, 0.25) is 0 Å². The van der Waals surface area contributed by atoms with Crippen LogP contribution in [-0.2, 0) is 0 Å². The standard InChI is InChI=1S/C16H22N2OS/c1-15(2)12(16(15,3)4)9-18-14(19)11-7-5-10(6-8-11)13(17)20/h5-8,12H,9H2,1-4H3,(H2,17,20)(H,18,19). The minimum Gasteiger partial charge on any atom is -0.389 e. The molecule has 1 aliphatic rings. The third kappa shape index (κ3) is 2.44. The van der Waals surface area contributed by atoms with Crippen molar-refractivity contribution >= 4 is 23.1 Å². The Hall–Kier alpha value is -1.42. The SMILES string of the molecule is CC1(C)C(CNC(=O)c2ccc(C(N)=S)cc2)C1(C)C. The number of carbonyl (C=O) groups is 1. The zero-order valence-corrected chi connectivity index (χ0v) is 13.3. The second kappa shape index (κ2) is 4.85. The Kier molecular flexibility index (Phi) is 3.63. The van der Waals surface area contributed by atoms with E-state index in [0.717, 1.165) is 12.1 Å². The number of hydrogen-bond acceptors (Lipinski definition) is 2. The van der Waals surface area contributed by atoms with Crippen molar-refractivity contribution < 1.29 is 4.79 Å². The Morgan fingerprint density at radius 1 is 1.15 bits per heavy atom. The molecule has 0 heterocycles. The van der Waals surface area contributed by atoms with Crippen LogP contribution in [0.25, 0.3) is 0 Å². The van der Waals surface area contributed by atoms with Crippen molar-refractivity contribution in [3.8, 4) is 0 Å². The number of hydrogen-bond donors (Lipinski definition) is 2. The van der Waals surface area contributed by atoms with E-state index in [1.165, 1.54) is 0 Å². The van der Waals surface area contributed by atoms with Crippen molar-refractivity contribution in [2.45, 2.75) is 27.7 Å². The molecule has 1 saturated carbocycles. The molecule has 3 N–H and O–H groups in total. The Labute approximate surface area is 125 Å². The Morgan fingerprint density at radius 2 is 1.60 bits per heavy atom. The average molecular weight is 290 g/mol. The fourth-order valence-electron chi connectivity index (χ4n) is 2.93. The summed E-state index contributed by atoms with van der Waals surface area (Å²) in [5, 5.41) is 3.02. The molecular weight excluding hydrogens is 268 g/mol. The van der Waals surface area contributed by atoms with E-state index >= 15 is 0 Å². The van der Waals surface area contributed by atoms with Gasteiger partial charge in [0.15, 0.2) is 0 Å². The van der Waals surface area contributed by atoms with E-state index in [-0.39, 0.29) is 16.7 Å². The fraction of sp³-hybridized carbons (Fsp3) is 0.500. The quantitative estimate of drug-likeness (QED) is 0.838. The normalized spacial score (nSPS) is 19.4. The van der Waals surface area contributed by atoms with Gasteiger partial charge in [0.25, 0.3) is 5.91 Å². The third-order valence-corrected chi connectivity index (χ3v) is 5.45. The van der Waals surface area contributed by atoms with E-state index in [9.17, 15) is 4.79 Å². The number of amides is 1. The first-order valence-electron chi connectivity index (χ1n) is 6.86. The largest absolute Gasteiger partial charge is 0.389 e. The zero-order chi connectivity index (χ0) is 15.1. The van der Waals surface area contributed by atoms with Crippen LogP contribution in [0.4, 0.5) is 0 Å². The van der Waals surface area contributed by atoms with Crippen LogP contribution in [0.2, 0.25) is 0 Å². The summed E-state index contributed by atoms with van der Waals surface area (Å²) in [5.41, 5.74) is 7.53. The highest BCUT2D eigenvalue weighted by Crippen LogP contribution is 2.67. The smallest absolute Gasteiger partial charge is 0.251 e. The van der Waals surface area contributed by atoms with Crippen molar-refractivity contribution in [1.82, 2.24) is 5.32 Å². The molecule has 1 amide bonds. The molecule has 0 aliphatic heterocycles. The lowest BCUT2D eigenvalue weighted by Gasteiger charge is -2.07. The van der Waals surface area contributed by atoms with Crippen LogP contribution in [0.5, 0.6) is 0 Å². The number of nitrogens with one attached hydrogen (secondary N) is 1. The molecule has 1 aromatic carbocycles. The molecule has 0 unspecified atom stereocenters. The maximum Gasteiger partial charge on any atom is 0.251 e. The van der Waals surface area contributed by atoms with Gasteiger partial charge in [-0.2, -0.15) is 0 Å². The van der Waals surface area contributed by atoms with E-state index < -0.39 is 0 Å². The summed E-state index contributed by atoms with van der Waals surface area (Å²) < 4.78 is 0. The first-order chi connectivity index (χ1) is 9.18. The summed E-state index contributed by atoms with van der Waals surface area (Å²) in [6.07, 6.45) is 0. The molecule has 0 aromatic heterocycles. The van der Waals surface area contributed by atoms with Crippen molar-refractivity contribution in [2.75, 3.05) is 6.54 Å². The molecule has 0 bridgehead atoms. The molecule has 2 rings (SSSR count). The van der Waals surface area contributed by atoms with Crippen LogP contribution in [0.15, 0.2) is 24.3 Å². The van der Waals surface area contributed by atoms with Crippen LogP contribution in [0.3, 0.4) is 0 Å². The molecule has 0 saturated heterocycles. The molecule has 0 atom stereocenters. The van der Waals surface area contributed by atoms with Gasteiger partial charge >= 0.3 is 0 Å². The number of benzene rings is 1. The number of carbonyl (C=O) groups excluding carboxylic acids is 1.